The van der Waals surface area contributed by atoms with Gasteiger partial charge in [-0.25, -0.2) is 4.98 Å². The Morgan fingerprint density at radius 2 is 2.29 bits per heavy atom. The molecule has 14 heavy (non-hydrogen) atoms. The molecule has 0 radical (unpaired) electrons. The van der Waals surface area contributed by atoms with Crippen molar-refractivity contribution in [3.8, 4) is 5.75 Å². The molecule has 0 atom stereocenters. The van der Waals surface area contributed by atoms with Gasteiger partial charge in [-0.15, -0.1) is 0 Å². The monoisotopic (exact) mass is 192 g/mol. The van der Waals surface area contributed by atoms with E-state index in [-0.39, 0.29) is 5.69 Å². The number of pyridine rings is 1. The van der Waals surface area contributed by atoms with Gasteiger partial charge in [0, 0.05) is 17.8 Å². The molecule has 0 unspecified atom stereocenters. The van der Waals surface area contributed by atoms with Crippen LogP contribution in [0.3, 0.4) is 0 Å². The fourth-order valence-electron chi connectivity index (χ4n) is 1.21. The van der Waals surface area contributed by atoms with Crippen LogP contribution in [0.1, 0.15) is 29.0 Å². The van der Waals surface area contributed by atoms with Crippen molar-refractivity contribution in [2.45, 2.75) is 25.9 Å². The summed E-state index contributed by atoms with van der Waals surface area (Å²) in [5, 5.41) is 0. The van der Waals surface area contributed by atoms with E-state index in [4.69, 9.17) is 10.5 Å². The molecule has 0 aliphatic heterocycles. The number of hydrogen-bond donors (Lipinski definition) is 1. The third kappa shape index (κ3) is 2.02. The number of nitrogens with two attached hydrogens (primary N) is 1. The summed E-state index contributed by atoms with van der Waals surface area (Å²) in [6, 6.07) is 3.40. The highest BCUT2D eigenvalue weighted by atomic mass is 16.5. The van der Waals surface area contributed by atoms with Crippen LogP contribution in [-0.2, 0) is 0 Å². The van der Waals surface area contributed by atoms with E-state index in [1.807, 2.05) is 13.0 Å². The minimum Gasteiger partial charge on any atom is -0.490 e. The molecule has 1 aliphatic rings. The van der Waals surface area contributed by atoms with Crippen molar-refractivity contribution in [2.75, 3.05) is 0 Å². The predicted octanol–water partition coefficient (Wildman–Crippen LogP) is 1.03. The number of aryl methyl sites for hydroxylation is 1. The van der Waals surface area contributed by atoms with E-state index >= 15 is 0 Å². The molecule has 1 saturated carbocycles. The molecule has 1 fully saturated rings. The van der Waals surface area contributed by atoms with Gasteiger partial charge in [0.05, 0.1) is 6.10 Å². The van der Waals surface area contributed by atoms with Crippen LogP contribution in [-0.4, -0.2) is 17.0 Å². The quantitative estimate of drug-likeness (QED) is 0.777. The van der Waals surface area contributed by atoms with E-state index in [0.29, 0.717) is 11.9 Å². The first-order valence-electron chi connectivity index (χ1n) is 4.60. The van der Waals surface area contributed by atoms with Gasteiger partial charge in [-0.05, 0) is 19.8 Å². The maximum absolute atomic E-state index is 10.9. The Morgan fingerprint density at radius 3 is 2.86 bits per heavy atom. The van der Waals surface area contributed by atoms with E-state index in [0.717, 1.165) is 18.5 Å². The maximum Gasteiger partial charge on any atom is 0.267 e. The molecule has 0 saturated heterocycles. The Morgan fingerprint density at radius 1 is 1.57 bits per heavy atom. The van der Waals surface area contributed by atoms with Gasteiger partial charge in [-0.3, -0.25) is 4.79 Å². The lowest BCUT2D eigenvalue weighted by Crippen LogP contribution is -2.14. The molecular weight excluding hydrogens is 180 g/mol. The third-order valence-electron chi connectivity index (χ3n) is 2.01. The highest BCUT2D eigenvalue weighted by molar-refractivity contribution is 5.91. The summed E-state index contributed by atoms with van der Waals surface area (Å²) >= 11 is 0. The van der Waals surface area contributed by atoms with Gasteiger partial charge in [0.1, 0.15) is 11.4 Å². The second-order valence-electron chi connectivity index (χ2n) is 3.51. The molecular formula is C10H12N2O2. The molecule has 2 rings (SSSR count). The predicted molar refractivity (Wildman–Crippen MR) is 51.1 cm³/mol. The summed E-state index contributed by atoms with van der Waals surface area (Å²) < 4.78 is 5.55. The molecule has 4 heteroatoms. The average Bonchev–Trinajstić information content (AvgIpc) is 2.87. The molecule has 0 aromatic carbocycles. The Bertz CT molecular complexity index is 372. The smallest absolute Gasteiger partial charge is 0.267 e. The SMILES string of the molecule is Cc1cc(OC2CC2)cc(C(N)=O)n1. The summed E-state index contributed by atoms with van der Waals surface area (Å²) in [6.07, 6.45) is 2.50. The van der Waals surface area contributed by atoms with Crippen LogP contribution < -0.4 is 10.5 Å². The summed E-state index contributed by atoms with van der Waals surface area (Å²) in [6.45, 7) is 1.81. The number of hydrogen-bond acceptors (Lipinski definition) is 3. The van der Waals surface area contributed by atoms with Gasteiger partial charge >= 0.3 is 0 Å². The van der Waals surface area contributed by atoms with E-state index in [9.17, 15) is 4.79 Å². The Hall–Kier alpha value is -1.58. The lowest BCUT2D eigenvalue weighted by molar-refractivity contribution is 0.0994. The van der Waals surface area contributed by atoms with Gasteiger partial charge in [0.25, 0.3) is 5.91 Å². The van der Waals surface area contributed by atoms with Crippen LogP contribution >= 0.6 is 0 Å². The first-order valence-corrected chi connectivity index (χ1v) is 4.60. The van der Waals surface area contributed by atoms with E-state index in [1.165, 1.54) is 0 Å². The second kappa shape index (κ2) is 3.29. The third-order valence-corrected chi connectivity index (χ3v) is 2.01. The first-order chi connectivity index (χ1) is 6.65. The average molecular weight is 192 g/mol. The fraction of sp³-hybridized carbons (Fsp3) is 0.400. The molecule has 1 aliphatic carbocycles. The van der Waals surface area contributed by atoms with Gasteiger partial charge in [-0.2, -0.15) is 0 Å². The van der Waals surface area contributed by atoms with E-state index in [2.05, 4.69) is 4.98 Å². The van der Waals surface area contributed by atoms with Crippen molar-refractivity contribution in [2.24, 2.45) is 5.73 Å². The highest BCUT2D eigenvalue weighted by Crippen LogP contribution is 2.27. The first kappa shape index (κ1) is 8.99. The summed E-state index contributed by atoms with van der Waals surface area (Å²) in [4.78, 5) is 14.9. The Kier molecular flexibility index (Phi) is 2.11. The van der Waals surface area contributed by atoms with Crippen molar-refractivity contribution in [1.82, 2.24) is 4.98 Å². The number of rotatable bonds is 3. The van der Waals surface area contributed by atoms with Crippen LogP contribution in [0, 0.1) is 6.92 Å². The standard InChI is InChI=1S/C10H12N2O2/c1-6-4-8(14-7-2-3-7)5-9(12-6)10(11)13/h4-5,7H,2-3H2,1H3,(H2,11,13). The van der Waals surface area contributed by atoms with Crippen molar-refractivity contribution >= 4 is 5.91 Å². The zero-order valence-corrected chi connectivity index (χ0v) is 7.99. The molecule has 0 spiro atoms. The number of amides is 1. The van der Waals surface area contributed by atoms with Gasteiger partial charge in [0.2, 0.25) is 0 Å². The van der Waals surface area contributed by atoms with Crippen molar-refractivity contribution in [1.29, 1.82) is 0 Å². The minimum absolute atomic E-state index is 0.264. The highest BCUT2D eigenvalue weighted by Gasteiger charge is 2.23. The summed E-state index contributed by atoms with van der Waals surface area (Å²) in [5.74, 6) is 0.170. The van der Waals surface area contributed by atoms with Crippen LogP contribution in [0.15, 0.2) is 12.1 Å². The summed E-state index contributed by atoms with van der Waals surface area (Å²) in [5.41, 5.74) is 6.15. The molecule has 1 aromatic heterocycles. The number of aromatic nitrogens is 1. The van der Waals surface area contributed by atoms with Crippen molar-refractivity contribution < 1.29 is 9.53 Å². The lowest BCUT2D eigenvalue weighted by atomic mass is 10.3. The van der Waals surface area contributed by atoms with E-state index in [1.54, 1.807) is 6.07 Å². The van der Waals surface area contributed by atoms with Crippen molar-refractivity contribution in [3.63, 3.8) is 0 Å². The second-order valence-corrected chi connectivity index (χ2v) is 3.51. The van der Waals surface area contributed by atoms with Crippen LogP contribution in [0.25, 0.3) is 0 Å². The Balaban J connectivity index is 2.25. The molecule has 1 heterocycles. The van der Waals surface area contributed by atoms with Crippen LogP contribution in [0.4, 0.5) is 0 Å². The normalized spacial score (nSPS) is 15.2. The van der Waals surface area contributed by atoms with Crippen LogP contribution in [0.2, 0.25) is 0 Å². The zero-order valence-electron chi connectivity index (χ0n) is 7.99. The molecule has 0 bridgehead atoms. The van der Waals surface area contributed by atoms with Crippen molar-refractivity contribution in [3.05, 3.63) is 23.5 Å². The molecule has 1 aromatic rings. The summed E-state index contributed by atoms with van der Waals surface area (Å²) in [7, 11) is 0. The largest absolute Gasteiger partial charge is 0.490 e. The Labute approximate surface area is 82.1 Å². The minimum atomic E-state index is -0.519. The maximum atomic E-state index is 10.9. The number of ether oxygens (including phenoxy) is 1. The fourth-order valence-corrected chi connectivity index (χ4v) is 1.21. The van der Waals surface area contributed by atoms with E-state index < -0.39 is 5.91 Å². The van der Waals surface area contributed by atoms with Gasteiger partial charge < -0.3 is 10.5 Å². The van der Waals surface area contributed by atoms with Gasteiger partial charge in [0.15, 0.2) is 0 Å². The topological polar surface area (TPSA) is 65.2 Å². The zero-order chi connectivity index (χ0) is 10.1. The molecule has 1 amide bonds. The number of carbonyl (C=O) groups excluding carboxylic acids is 1. The number of primary amides is 1. The lowest BCUT2D eigenvalue weighted by Gasteiger charge is -2.06. The number of carbonyl (C=O) groups is 1. The van der Waals surface area contributed by atoms with Gasteiger partial charge in [-0.1, -0.05) is 0 Å². The van der Waals surface area contributed by atoms with Crippen LogP contribution in [0.5, 0.6) is 5.75 Å². The molecule has 74 valence electrons. The number of nitrogens with zero attached hydrogens (tertiary/aromatic N) is 1. The molecule has 2 N–H and O–H groups in total. The molecule has 4 nitrogen and oxygen atoms in total.